The second-order valence-corrected chi connectivity index (χ2v) is 5.77. The van der Waals surface area contributed by atoms with Gasteiger partial charge in [-0.05, 0) is 44.1 Å². The number of halogens is 1. The molecule has 19 heavy (non-hydrogen) atoms. The molecular weight excluding hydrogens is 241 g/mol. The zero-order valence-corrected chi connectivity index (χ0v) is 12.0. The first-order valence-corrected chi connectivity index (χ1v) is 6.59. The van der Waals surface area contributed by atoms with E-state index in [1.165, 1.54) is 12.1 Å². The van der Waals surface area contributed by atoms with Crippen molar-refractivity contribution in [1.82, 2.24) is 4.90 Å². The Labute approximate surface area is 115 Å². The summed E-state index contributed by atoms with van der Waals surface area (Å²) in [5.74, 6) is 0.0447. The minimum absolute atomic E-state index is 0.199. The van der Waals surface area contributed by atoms with Crippen molar-refractivity contribution in [3.05, 3.63) is 35.6 Å². The van der Waals surface area contributed by atoms with Crippen LogP contribution in [0.3, 0.4) is 0 Å². The molecule has 0 aromatic heterocycles. The first-order chi connectivity index (χ1) is 8.81. The van der Waals surface area contributed by atoms with Crippen LogP contribution in [0.5, 0.6) is 0 Å². The van der Waals surface area contributed by atoms with Gasteiger partial charge in [-0.1, -0.05) is 26.0 Å². The van der Waals surface area contributed by atoms with Crippen LogP contribution in [0.4, 0.5) is 4.39 Å². The molecule has 1 aromatic carbocycles. The van der Waals surface area contributed by atoms with E-state index in [1.807, 2.05) is 33.0 Å². The molecule has 106 valence electrons. The van der Waals surface area contributed by atoms with Gasteiger partial charge in [-0.25, -0.2) is 4.39 Å². The number of hydrogen-bond donors (Lipinski definition) is 2. The summed E-state index contributed by atoms with van der Waals surface area (Å²) in [7, 11) is 2.05. The minimum Gasteiger partial charge on any atom is -0.387 e. The lowest BCUT2D eigenvalue weighted by molar-refractivity contribution is 0.300. The molecular formula is C15H24FN3. The Hall–Kier alpha value is -1.42. The first kappa shape index (κ1) is 15.6. The summed E-state index contributed by atoms with van der Waals surface area (Å²) in [6.45, 7) is 5.74. The van der Waals surface area contributed by atoms with E-state index in [4.69, 9.17) is 11.1 Å². The van der Waals surface area contributed by atoms with Crippen molar-refractivity contribution in [3.8, 4) is 0 Å². The number of rotatable bonds is 7. The fourth-order valence-electron chi connectivity index (χ4n) is 1.91. The van der Waals surface area contributed by atoms with Gasteiger partial charge >= 0.3 is 0 Å². The van der Waals surface area contributed by atoms with Gasteiger partial charge in [-0.15, -0.1) is 0 Å². The second kappa shape index (κ2) is 6.66. The number of nitrogens with one attached hydrogen (secondary N) is 1. The van der Waals surface area contributed by atoms with E-state index < -0.39 is 0 Å². The van der Waals surface area contributed by atoms with E-state index in [0.29, 0.717) is 0 Å². The average Bonchev–Trinajstić information content (AvgIpc) is 2.31. The van der Waals surface area contributed by atoms with Crippen molar-refractivity contribution in [2.45, 2.75) is 33.2 Å². The third-order valence-electron chi connectivity index (χ3n) is 3.44. The van der Waals surface area contributed by atoms with E-state index in [9.17, 15) is 4.39 Å². The standard InChI is InChI=1S/C15H24FN3/c1-15(2,14(17)18)9-4-10-19(3)11-12-5-7-13(16)8-6-12/h5-8H,4,9-11H2,1-3H3,(H3,17,18). The number of nitrogens with zero attached hydrogens (tertiary/aromatic N) is 1. The van der Waals surface area contributed by atoms with Crippen LogP contribution in [-0.4, -0.2) is 24.3 Å². The highest BCUT2D eigenvalue weighted by atomic mass is 19.1. The maximum absolute atomic E-state index is 12.8. The van der Waals surface area contributed by atoms with Crippen LogP contribution < -0.4 is 5.73 Å². The molecule has 0 aliphatic heterocycles. The molecule has 1 aromatic rings. The fraction of sp³-hybridized carbons (Fsp3) is 0.533. The predicted octanol–water partition coefficient (Wildman–Crippen LogP) is 3.00. The molecule has 0 spiro atoms. The van der Waals surface area contributed by atoms with Gasteiger partial charge in [-0.3, -0.25) is 5.41 Å². The largest absolute Gasteiger partial charge is 0.387 e. The highest BCUT2D eigenvalue weighted by Gasteiger charge is 2.20. The molecule has 0 aliphatic rings. The monoisotopic (exact) mass is 265 g/mol. The van der Waals surface area contributed by atoms with Crippen molar-refractivity contribution < 1.29 is 4.39 Å². The van der Waals surface area contributed by atoms with Crippen molar-refractivity contribution in [3.63, 3.8) is 0 Å². The zero-order valence-electron chi connectivity index (χ0n) is 12.0. The second-order valence-electron chi connectivity index (χ2n) is 5.77. The Morgan fingerprint density at radius 1 is 1.32 bits per heavy atom. The van der Waals surface area contributed by atoms with Crippen LogP contribution >= 0.6 is 0 Å². The van der Waals surface area contributed by atoms with Crippen LogP contribution in [0, 0.1) is 16.6 Å². The lowest BCUT2D eigenvalue weighted by atomic mass is 9.86. The quantitative estimate of drug-likeness (QED) is 0.588. The number of amidine groups is 1. The smallest absolute Gasteiger partial charge is 0.123 e. The van der Waals surface area contributed by atoms with Gasteiger partial charge in [0.25, 0.3) is 0 Å². The topological polar surface area (TPSA) is 53.1 Å². The van der Waals surface area contributed by atoms with Gasteiger partial charge in [0.05, 0.1) is 5.84 Å². The van der Waals surface area contributed by atoms with Crippen molar-refractivity contribution >= 4 is 5.84 Å². The summed E-state index contributed by atoms with van der Waals surface area (Å²) in [6, 6.07) is 6.60. The molecule has 3 N–H and O–H groups in total. The van der Waals surface area contributed by atoms with Gasteiger partial charge in [0.1, 0.15) is 5.82 Å². The van der Waals surface area contributed by atoms with Gasteiger partial charge < -0.3 is 10.6 Å². The van der Waals surface area contributed by atoms with Gasteiger partial charge in [0.15, 0.2) is 0 Å². The highest BCUT2D eigenvalue weighted by Crippen LogP contribution is 2.21. The molecule has 1 rings (SSSR count). The average molecular weight is 265 g/mol. The SMILES string of the molecule is CN(CCCC(C)(C)C(=N)N)Cc1ccc(F)cc1. The molecule has 3 nitrogen and oxygen atoms in total. The molecule has 0 unspecified atom stereocenters. The lowest BCUT2D eigenvalue weighted by Gasteiger charge is -2.24. The lowest BCUT2D eigenvalue weighted by Crippen LogP contribution is -2.31. The summed E-state index contributed by atoms with van der Waals surface area (Å²) in [4.78, 5) is 2.20. The van der Waals surface area contributed by atoms with E-state index >= 15 is 0 Å². The van der Waals surface area contributed by atoms with Crippen LogP contribution in [0.2, 0.25) is 0 Å². The van der Waals surface area contributed by atoms with Crippen molar-refractivity contribution in [2.24, 2.45) is 11.1 Å². The van der Waals surface area contributed by atoms with Crippen molar-refractivity contribution in [2.75, 3.05) is 13.6 Å². The minimum atomic E-state index is -0.225. The molecule has 0 heterocycles. The van der Waals surface area contributed by atoms with Gasteiger partial charge in [0.2, 0.25) is 0 Å². The molecule has 0 saturated carbocycles. The summed E-state index contributed by atoms with van der Waals surface area (Å²) in [5, 5.41) is 7.51. The molecule has 0 amide bonds. The summed E-state index contributed by atoms with van der Waals surface area (Å²) < 4.78 is 12.8. The molecule has 0 saturated heterocycles. The van der Waals surface area contributed by atoms with E-state index in [2.05, 4.69) is 4.90 Å². The van der Waals surface area contributed by atoms with E-state index in [1.54, 1.807) is 0 Å². The molecule has 0 aliphatic carbocycles. The van der Waals surface area contributed by atoms with Gasteiger partial charge in [-0.2, -0.15) is 0 Å². The third-order valence-corrected chi connectivity index (χ3v) is 3.44. The Morgan fingerprint density at radius 3 is 2.42 bits per heavy atom. The van der Waals surface area contributed by atoms with Crippen LogP contribution in [0.25, 0.3) is 0 Å². The number of nitrogens with two attached hydrogens (primary N) is 1. The van der Waals surface area contributed by atoms with Crippen LogP contribution in [0.15, 0.2) is 24.3 Å². The van der Waals surface area contributed by atoms with E-state index in [-0.39, 0.29) is 17.1 Å². The Kier molecular flexibility index (Phi) is 5.48. The molecule has 0 atom stereocenters. The first-order valence-electron chi connectivity index (χ1n) is 6.59. The number of benzene rings is 1. The van der Waals surface area contributed by atoms with E-state index in [0.717, 1.165) is 31.5 Å². The normalized spacial score (nSPS) is 11.8. The maximum Gasteiger partial charge on any atom is 0.123 e. The summed E-state index contributed by atoms with van der Waals surface area (Å²) >= 11 is 0. The van der Waals surface area contributed by atoms with Crippen LogP contribution in [-0.2, 0) is 6.54 Å². The Balaban J connectivity index is 2.34. The molecule has 0 radical (unpaired) electrons. The maximum atomic E-state index is 12.8. The van der Waals surface area contributed by atoms with Gasteiger partial charge in [0, 0.05) is 12.0 Å². The summed E-state index contributed by atoms with van der Waals surface area (Å²) in [6.07, 6.45) is 1.89. The Morgan fingerprint density at radius 2 is 1.89 bits per heavy atom. The van der Waals surface area contributed by atoms with Crippen LogP contribution in [0.1, 0.15) is 32.3 Å². The molecule has 4 heteroatoms. The van der Waals surface area contributed by atoms with Crippen molar-refractivity contribution in [1.29, 1.82) is 5.41 Å². The molecule has 0 bridgehead atoms. The highest BCUT2D eigenvalue weighted by molar-refractivity contribution is 5.82. The fourth-order valence-corrected chi connectivity index (χ4v) is 1.91. The zero-order chi connectivity index (χ0) is 14.5. The predicted molar refractivity (Wildman–Crippen MR) is 77.7 cm³/mol. The molecule has 0 fully saturated rings. The number of hydrogen-bond acceptors (Lipinski definition) is 2. The Bertz CT molecular complexity index is 412. The summed E-state index contributed by atoms with van der Waals surface area (Å²) in [5.41, 5.74) is 6.44. The third kappa shape index (κ3) is 5.39.